The number of likely N-dealkylation sites (tertiary alicyclic amines) is 2. The maximum absolute atomic E-state index is 14.5. The Balaban J connectivity index is 0.849. The van der Waals surface area contributed by atoms with E-state index >= 15 is 0 Å². The highest BCUT2D eigenvalue weighted by molar-refractivity contribution is 5.88. The van der Waals surface area contributed by atoms with Crippen LogP contribution in [0.1, 0.15) is 128 Å². The predicted molar refractivity (Wildman–Crippen MR) is 253 cm³/mol. The highest BCUT2D eigenvalue weighted by Crippen LogP contribution is 2.64. The first-order valence-electron chi connectivity index (χ1n) is 24.6. The largest absolute Gasteiger partial charge is 0.465 e. The number of fused-ring (bicyclic) bond motifs is 2. The van der Waals surface area contributed by atoms with E-state index in [9.17, 15) is 29.4 Å². The summed E-state index contributed by atoms with van der Waals surface area (Å²) < 4.78 is 11.9. The maximum Gasteiger partial charge on any atom is 0.405 e. The summed E-state index contributed by atoms with van der Waals surface area (Å²) in [6.45, 7) is 16.5. The third-order valence-corrected chi connectivity index (χ3v) is 16.7. The molecule has 0 spiro atoms. The van der Waals surface area contributed by atoms with Crippen LogP contribution in [0.25, 0.3) is 33.6 Å². The first-order chi connectivity index (χ1) is 32.3. The fourth-order valence-corrected chi connectivity index (χ4v) is 13.0. The minimum absolute atomic E-state index is 0.0319. The quantitative estimate of drug-likeness (QED) is 0.0843. The Morgan fingerprint density at radius 1 is 0.618 bits per heavy atom. The van der Waals surface area contributed by atoms with Gasteiger partial charge < -0.3 is 50.1 Å². The molecule has 2 saturated carbocycles. The van der Waals surface area contributed by atoms with E-state index in [4.69, 9.17) is 19.4 Å². The average Bonchev–Trinajstić information content (AvgIpc) is 3.71. The van der Waals surface area contributed by atoms with E-state index in [-0.39, 0.29) is 83.1 Å². The molecule has 2 aromatic heterocycles. The van der Waals surface area contributed by atoms with Crippen LogP contribution >= 0.6 is 0 Å². The predicted octanol–water partition coefficient (Wildman–Crippen LogP) is 8.53. The Hall–Kier alpha value is -5.74. The molecule has 0 radical (unpaired) electrons. The molecule has 6 fully saturated rings. The molecule has 68 heavy (non-hydrogen) atoms. The third-order valence-electron chi connectivity index (χ3n) is 16.7. The molecule has 2 aromatic carbocycles. The Kier molecular flexibility index (Phi) is 11.5. The van der Waals surface area contributed by atoms with Gasteiger partial charge in [0.2, 0.25) is 11.8 Å². The monoisotopic (exact) mass is 931 g/mol. The number of carbonyl (C=O) groups is 4. The molecule has 16 heteroatoms. The summed E-state index contributed by atoms with van der Waals surface area (Å²) in [7, 11) is 0. The van der Waals surface area contributed by atoms with E-state index < -0.39 is 24.3 Å². The van der Waals surface area contributed by atoms with Gasteiger partial charge in [-0.2, -0.15) is 0 Å². The number of aromatic amines is 2. The first kappa shape index (κ1) is 46.0. The summed E-state index contributed by atoms with van der Waals surface area (Å²) in [6, 6.07) is 10.4. The number of rotatable bonds is 11. The number of imidazole rings is 2. The molecule has 4 aromatic rings. The maximum atomic E-state index is 14.5. The molecule has 4 saturated heterocycles. The van der Waals surface area contributed by atoms with E-state index in [0.29, 0.717) is 37.3 Å². The second kappa shape index (κ2) is 17.0. The van der Waals surface area contributed by atoms with Gasteiger partial charge in [-0.1, -0.05) is 50.2 Å². The van der Waals surface area contributed by atoms with Crippen LogP contribution in [0, 0.1) is 36.5 Å². The number of nitrogens with one attached hydrogen (secondary N) is 4. The standard InChI is InChI=1S/C52H66N8O8/c1-25-15-33(16-26(2)67-25)43(57-49(63)64)47(61)59-39(19-51(7)21-41(51)59)45-53-23-37(55-45)32-11-9-31(10-12-32)35-13-14-36(30(6)29(35)5)38-24-54-46(56-38)40-20-52(8)22-42(52)60(40)48(62)44(58-50(65)66)34-17-27(3)68-28(4)18-34/h9-14,23-28,33-34,39-44,57-58H,15-22H2,1-8H3,(H,53,55)(H,54,56)(H,63,64)(H,65,66)/t25-,26-,27-,28-,39+,40+,41-,42-,43+,44+,51+,52+/m1/s1. The summed E-state index contributed by atoms with van der Waals surface area (Å²) in [6.07, 6.45) is 6.71. The molecule has 4 amide bonds. The molecule has 0 bridgehead atoms. The minimum Gasteiger partial charge on any atom is -0.465 e. The molecule has 2 aliphatic carbocycles. The van der Waals surface area contributed by atoms with Gasteiger partial charge in [0.05, 0.1) is 60.3 Å². The van der Waals surface area contributed by atoms with Crippen molar-refractivity contribution in [3.8, 4) is 33.6 Å². The van der Waals surface area contributed by atoms with Crippen molar-refractivity contribution in [3.63, 3.8) is 0 Å². The lowest BCUT2D eigenvalue weighted by molar-refractivity contribution is -0.140. The molecule has 6 N–H and O–H groups in total. The van der Waals surface area contributed by atoms with Crippen LogP contribution in [-0.4, -0.2) is 113 Å². The van der Waals surface area contributed by atoms with Crippen molar-refractivity contribution in [2.75, 3.05) is 0 Å². The van der Waals surface area contributed by atoms with Crippen LogP contribution in [0.3, 0.4) is 0 Å². The SMILES string of the molecule is Cc1c(-c2ccc(-c3cnc([C@@H]4C[C@@]5(C)C[C@H]5N4C(=O)[C@@H](NC(=O)O)C4C[C@@H](C)O[C@H](C)C4)[nH]3)cc2)ccc(-c2cnc([C@@H]3C[C@@]4(C)C[C@H]4N3C(=O)[C@@H](NC(=O)O)C3C[C@@H](C)O[C@H](C)C3)[nH]2)c1C. The Morgan fingerprint density at radius 3 is 1.47 bits per heavy atom. The summed E-state index contributed by atoms with van der Waals surface area (Å²) in [5.74, 6) is 0.707. The van der Waals surface area contributed by atoms with Crippen molar-refractivity contribution >= 4 is 24.0 Å². The molecular formula is C52H66N8O8. The fraction of sp³-hybridized carbons (Fsp3) is 0.577. The lowest BCUT2D eigenvalue weighted by atomic mass is 9.85. The van der Waals surface area contributed by atoms with E-state index in [1.165, 1.54) is 0 Å². The van der Waals surface area contributed by atoms with Crippen LogP contribution in [0.4, 0.5) is 9.59 Å². The molecule has 16 nitrogen and oxygen atoms in total. The van der Waals surface area contributed by atoms with Gasteiger partial charge >= 0.3 is 12.2 Å². The van der Waals surface area contributed by atoms with Crippen molar-refractivity contribution in [1.82, 2.24) is 40.4 Å². The zero-order chi connectivity index (χ0) is 48.1. The number of carbonyl (C=O) groups excluding carboxylic acids is 2. The normalized spacial score (nSPS) is 33.6. The number of H-pyrrole nitrogens is 2. The third kappa shape index (κ3) is 8.34. The zero-order valence-electron chi connectivity index (χ0n) is 40.3. The minimum atomic E-state index is -1.20. The van der Waals surface area contributed by atoms with Crippen LogP contribution in [0.15, 0.2) is 48.8 Å². The Morgan fingerprint density at radius 2 is 1.01 bits per heavy atom. The van der Waals surface area contributed by atoms with Gasteiger partial charge in [-0.3, -0.25) is 9.59 Å². The molecular weight excluding hydrogens is 865 g/mol. The van der Waals surface area contributed by atoms with E-state index in [1.807, 2.05) is 49.9 Å². The number of ether oxygens (including phenoxy) is 2. The summed E-state index contributed by atoms with van der Waals surface area (Å²) >= 11 is 0. The lowest BCUT2D eigenvalue weighted by Gasteiger charge is -2.38. The molecule has 4 aliphatic heterocycles. The number of benzene rings is 2. The Bertz CT molecular complexity index is 2610. The summed E-state index contributed by atoms with van der Waals surface area (Å²) in [4.78, 5) is 73.7. The average molecular weight is 931 g/mol. The van der Waals surface area contributed by atoms with Crippen molar-refractivity contribution < 1.29 is 38.9 Å². The van der Waals surface area contributed by atoms with Crippen LogP contribution < -0.4 is 10.6 Å². The fourth-order valence-electron chi connectivity index (χ4n) is 13.0. The molecule has 362 valence electrons. The van der Waals surface area contributed by atoms with Gasteiger partial charge in [0.15, 0.2) is 0 Å². The lowest BCUT2D eigenvalue weighted by Crippen LogP contribution is -2.54. The number of nitrogens with zero attached hydrogens (tertiary/aromatic N) is 4. The van der Waals surface area contributed by atoms with Gasteiger partial charge in [0.1, 0.15) is 23.7 Å². The van der Waals surface area contributed by atoms with Crippen molar-refractivity contribution in [2.45, 2.75) is 167 Å². The number of aromatic nitrogens is 4. The first-order valence-corrected chi connectivity index (χ1v) is 24.6. The van der Waals surface area contributed by atoms with Crippen LogP contribution in [0.2, 0.25) is 0 Å². The number of amides is 4. The smallest absolute Gasteiger partial charge is 0.405 e. The summed E-state index contributed by atoms with van der Waals surface area (Å²) in [5.41, 5.74) is 8.00. The Labute approximate surface area is 397 Å². The van der Waals surface area contributed by atoms with E-state index in [0.717, 1.165) is 70.5 Å². The molecule has 10 rings (SSSR count). The second-order valence-electron chi connectivity index (χ2n) is 21.9. The zero-order valence-corrected chi connectivity index (χ0v) is 40.3. The van der Waals surface area contributed by atoms with Gasteiger partial charge in [0.25, 0.3) is 0 Å². The van der Waals surface area contributed by atoms with E-state index in [1.54, 1.807) is 0 Å². The molecule has 12 atom stereocenters. The number of hydrogen-bond donors (Lipinski definition) is 6. The van der Waals surface area contributed by atoms with Crippen LogP contribution in [-0.2, 0) is 19.1 Å². The van der Waals surface area contributed by atoms with Gasteiger partial charge in [0, 0.05) is 17.6 Å². The molecule has 6 aliphatic rings. The second-order valence-corrected chi connectivity index (χ2v) is 21.9. The van der Waals surface area contributed by atoms with Gasteiger partial charge in [-0.05, 0) is 143 Å². The van der Waals surface area contributed by atoms with Crippen molar-refractivity contribution in [1.29, 1.82) is 0 Å². The number of piperidine rings is 2. The summed E-state index contributed by atoms with van der Waals surface area (Å²) in [5, 5.41) is 24.9. The van der Waals surface area contributed by atoms with Crippen molar-refractivity contribution in [2.24, 2.45) is 22.7 Å². The topological polar surface area (TPSA) is 215 Å². The van der Waals surface area contributed by atoms with Crippen molar-refractivity contribution in [3.05, 3.63) is 71.6 Å². The van der Waals surface area contributed by atoms with Gasteiger partial charge in [-0.15, -0.1) is 0 Å². The van der Waals surface area contributed by atoms with Gasteiger partial charge in [-0.25, -0.2) is 19.6 Å². The highest BCUT2D eigenvalue weighted by atomic mass is 16.5. The van der Waals surface area contributed by atoms with E-state index in [2.05, 4.69) is 84.7 Å². The molecule has 0 unspecified atom stereocenters. The van der Waals surface area contributed by atoms with Crippen LogP contribution in [0.5, 0.6) is 0 Å². The highest BCUT2D eigenvalue weighted by Gasteiger charge is 2.66. The number of carboxylic acid groups (broad SMARTS) is 2. The number of hydrogen-bond acceptors (Lipinski definition) is 8. The molecule has 6 heterocycles.